The van der Waals surface area contributed by atoms with E-state index >= 15 is 0 Å². The highest BCUT2D eigenvalue weighted by molar-refractivity contribution is 6.32. The second kappa shape index (κ2) is 8.23. The molecule has 0 bridgehead atoms. The Balaban J connectivity index is 0.000000293. The fraction of sp³-hybridized carbons (Fsp3) is 0.538. The van der Waals surface area contributed by atoms with Crippen molar-refractivity contribution in [1.29, 1.82) is 0 Å². The van der Waals surface area contributed by atoms with Crippen LogP contribution in [0.3, 0.4) is 0 Å². The molecule has 0 amide bonds. The van der Waals surface area contributed by atoms with Crippen molar-refractivity contribution in [2.24, 2.45) is 0 Å². The summed E-state index contributed by atoms with van der Waals surface area (Å²) >= 11 is 0. The lowest BCUT2D eigenvalue weighted by molar-refractivity contribution is 0.415. The van der Waals surface area contributed by atoms with Crippen LogP contribution in [-0.2, 0) is 0 Å². The van der Waals surface area contributed by atoms with Gasteiger partial charge < -0.3 is 10.1 Å². The van der Waals surface area contributed by atoms with E-state index in [0.717, 1.165) is 5.75 Å². The Hall–Kier alpha value is -0.955. The lowest BCUT2D eigenvalue weighted by Crippen LogP contribution is -2.29. The lowest BCUT2D eigenvalue weighted by Gasteiger charge is -2.10. The summed E-state index contributed by atoms with van der Waals surface area (Å²) in [7, 11) is 3.72. The van der Waals surface area contributed by atoms with Gasteiger partial charge >= 0.3 is 0 Å². The Labute approximate surface area is 101 Å². The molecular weight excluding hydrogens is 197 g/mol. The first-order chi connectivity index (χ1) is 7.45. The van der Waals surface area contributed by atoms with E-state index in [9.17, 15) is 0 Å². The fourth-order valence-corrected chi connectivity index (χ4v) is 1.41. The standard InChI is InChI=1S/C7H9BO.C6H15N/c1-9-7-4-2-3-6(8)5-7;1-5(2)7-6(3)4/h2-5H,8H2,1H3;5-7H,1-4H3. The minimum absolute atomic E-state index is 0.625. The zero-order valence-electron chi connectivity index (χ0n) is 11.4. The van der Waals surface area contributed by atoms with Gasteiger partial charge in [-0.2, -0.15) is 0 Å². The van der Waals surface area contributed by atoms with Crippen LogP contribution >= 0.6 is 0 Å². The summed E-state index contributed by atoms with van der Waals surface area (Å²) in [5.41, 5.74) is 1.23. The van der Waals surface area contributed by atoms with E-state index in [2.05, 4.69) is 33.0 Å². The van der Waals surface area contributed by atoms with E-state index in [0.29, 0.717) is 12.1 Å². The molecule has 1 N–H and O–H groups in total. The summed E-state index contributed by atoms with van der Waals surface area (Å²) < 4.78 is 5.00. The largest absolute Gasteiger partial charge is 0.497 e. The van der Waals surface area contributed by atoms with E-state index in [1.807, 2.05) is 32.1 Å². The van der Waals surface area contributed by atoms with E-state index in [1.54, 1.807) is 7.11 Å². The van der Waals surface area contributed by atoms with E-state index in [-0.39, 0.29) is 0 Å². The van der Waals surface area contributed by atoms with Crippen LogP contribution in [0.4, 0.5) is 0 Å². The molecule has 3 heteroatoms. The second-order valence-corrected chi connectivity index (χ2v) is 4.50. The third-order valence-electron chi connectivity index (χ3n) is 1.89. The molecule has 0 unspecified atom stereocenters. The van der Waals surface area contributed by atoms with Crippen LogP contribution in [0.25, 0.3) is 0 Å². The average Bonchev–Trinajstić information content (AvgIpc) is 2.16. The van der Waals surface area contributed by atoms with E-state index < -0.39 is 0 Å². The van der Waals surface area contributed by atoms with Gasteiger partial charge in [-0.1, -0.05) is 45.3 Å². The first-order valence-corrected chi connectivity index (χ1v) is 5.82. The number of hydrogen-bond acceptors (Lipinski definition) is 2. The number of ether oxygens (including phenoxy) is 1. The predicted octanol–water partition coefficient (Wildman–Crippen LogP) is 1.35. The second-order valence-electron chi connectivity index (χ2n) is 4.50. The molecule has 0 saturated carbocycles. The molecule has 0 atom stereocenters. The summed E-state index contributed by atoms with van der Waals surface area (Å²) in [5.74, 6) is 0.926. The smallest absolute Gasteiger partial charge is 0.139 e. The van der Waals surface area contributed by atoms with E-state index in [1.165, 1.54) is 5.46 Å². The molecule has 0 aliphatic heterocycles. The molecule has 0 radical (unpaired) electrons. The Morgan fingerprint density at radius 1 is 1.12 bits per heavy atom. The molecule has 0 aliphatic carbocycles. The number of rotatable bonds is 3. The molecule has 0 fully saturated rings. The van der Waals surface area contributed by atoms with Crippen molar-refractivity contribution in [3.05, 3.63) is 24.3 Å². The Morgan fingerprint density at radius 3 is 1.94 bits per heavy atom. The minimum Gasteiger partial charge on any atom is -0.497 e. The third-order valence-corrected chi connectivity index (χ3v) is 1.89. The first kappa shape index (κ1) is 15.0. The number of benzene rings is 1. The summed E-state index contributed by atoms with van der Waals surface area (Å²) in [6.07, 6.45) is 0. The number of hydrogen-bond donors (Lipinski definition) is 1. The molecule has 16 heavy (non-hydrogen) atoms. The molecule has 0 heterocycles. The molecular formula is C13H24BNO. The highest BCUT2D eigenvalue weighted by atomic mass is 16.5. The van der Waals surface area contributed by atoms with Crippen LogP contribution in [0.2, 0.25) is 0 Å². The van der Waals surface area contributed by atoms with Crippen LogP contribution in [0, 0.1) is 0 Å². The Morgan fingerprint density at radius 2 is 1.69 bits per heavy atom. The van der Waals surface area contributed by atoms with Crippen molar-refractivity contribution in [2.75, 3.05) is 7.11 Å². The predicted molar refractivity (Wildman–Crippen MR) is 74.6 cm³/mol. The van der Waals surface area contributed by atoms with Crippen molar-refractivity contribution in [3.8, 4) is 5.75 Å². The first-order valence-electron chi connectivity index (χ1n) is 5.82. The quantitative estimate of drug-likeness (QED) is 0.778. The van der Waals surface area contributed by atoms with Gasteiger partial charge in [-0.3, -0.25) is 0 Å². The van der Waals surface area contributed by atoms with Crippen LogP contribution in [0.5, 0.6) is 5.75 Å². The SMILES string of the molecule is Bc1cccc(OC)c1.CC(C)NC(C)C. The van der Waals surface area contributed by atoms with Gasteiger partial charge in [0.15, 0.2) is 0 Å². The maximum Gasteiger partial charge on any atom is 0.139 e. The van der Waals surface area contributed by atoms with Gasteiger partial charge in [0.2, 0.25) is 0 Å². The van der Waals surface area contributed by atoms with Gasteiger partial charge in [-0.15, -0.1) is 0 Å². The maximum absolute atomic E-state index is 5.00. The molecule has 1 aromatic rings. The summed E-state index contributed by atoms with van der Waals surface area (Å²) in [5, 5.41) is 3.31. The van der Waals surface area contributed by atoms with Gasteiger partial charge in [0.25, 0.3) is 0 Å². The summed E-state index contributed by atoms with van der Waals surface area (Å²) in [6.45, 7) is 8.61. The van der Waals surface area contributed by atoms with Gasteiger partial charge in [0.05, 0.1) is 7.11 Å². The molecule has 0 saturated heterocycles. The van der Waals surface area contributed by atoms with Crippen molar-refractivity contribution < 1.29 is 4.74 Å². The minimum atomic E-state index is 0.625. The highest BCUT2D eigenvalue weighted by Crippen LogP contribution is 2.03. The monoisotopic (exact) mass is 221 g/mol. The highest BCUT2D eigenvalue weighted by Gasteiger charge is 1.92. The molecule has 1 rings (SSSR count). The zero-order valence-corrected chi connectivity index (χ0v) is 11.4. The van der Waals surface area contributed by atoms with Crippen molar-refractivity contribution in [1.82, 2.24) is 5.32 Å². The molecule has 0 aromatic heterocycles. The normalized spacial score (nSPS) is 9.94. The zero-order chi connectivity index (χ0) is 12.6. The van der Waals surface area contributed by atoms with Gasteiger partial charge in [-0.05, 0) is 12.1 Å². The topological polar surface area (TPSA) is 21.3 Å². The van der Waals surface area contributed by atoms with Crippen LogP contribution in [-0.4, -0.2) is 27.0 Å². The van der Waals surface area contributed by atoms with Crippen LogP contribution in [0.15, 0.2) is 24.3 Å². The molecule has 1 aromatic carbocycles. The molecule has 2 nitrogen and oxygen atoms in total. The average molecular weight is 221 g/mol. The molecule has 90 valence electrons. The van der Waals surface area contributed by atoms with Crippen LogP contribution < -0.4 is 15.5 Å². The maximum atomic E-state index is 5.00. The molecule has 0 spiro atoms. The van der Waals surface area contributed by atoms with Crippen LogP contribution in [0.1, 0.15) is 27.7 Å². The fourth-order valence-electron chi connectivity index (χ4n) is 1.41. The van der Waals surface area contributed by atoms with Crippen molar-refractivity contribution in [2.45, 2.75) is 39.8 Å². The van der Waals surface area contributed by atoms with Gasteiger partial charge in [-0.25, -0.2) is 0 Å². The molecule has 0 aliphatic rings. The summed E-state index contributed by atoms with van der Waals surface area (Å²) in [6, 6.07) is 9.21. The number of nitrogens with one attached hydrogen (secondary N) is 1. The Kier molecular flexibility index (Phi) is 7.74. The van der Waals surface area contributed by atoms with Gasteiger partial charge in [0, 0.05) is 12.1 Å². The summed E-state index contributed by atoms with van der Waals surface area (Å²) in [4.78, 5) is 0. The lowest BCUT2D eigenvalue weighted by atomic mass is 9.96. The number of methoxy groups -OCH3 is 1. The van der Waals surface area contributed by atoms with Crippen molar-refractivity contribution >= 4 is 13.3 Å². The van der Waals surface area contributed by atoms with Crippen molar-refractivity contribution in [3.63, 3.8) is 0 Å². The third kappa shape index (κ3) is 8.36. The van der Waals surface area contributed by atoms with E-state index in [4.69, 9.17) is 4.74 Å². The van der Waals surface area contributed by atoms with Gasteiger partial charge in [0.1, 0.15) is 13.6 Å². The Bertz CT molecular complexity index is 281.